The van der Waals surface area contributed by atoms with Gasteiger partial charge in [-0.05, 0) is 48.9 Å². The molecule has 8 heteroatoms. The van der Waals surface area contributed by atoms with Crippen LogP contribution in [0.25, 0.3) is 0 Å². The number of sulfonamides is 1. The highest BCUT2D eigenvalue weighted by atomic mass is 35.5. The first-order chi connectivity index (χ1) is 10.8. The smallest absolute Gasteiger partial charge is 0.241 e. The van der Waals surface area contributed by atoms with Crippen LogP contribution in [-0.4, -0.2) is 20.9 Å². The van der Waals surface area contributed by atoms with Crippen LogP contribution in [0, 0.1) is 12.7 Å². The molecule has 0 aromatic heterocycles. The molecule has 0 heterocycles. The standard InChI is InChI=1S/C15H14ClFN2O3S/c1-10-7-13(5-6-14(10)16)23(21,22)18-9-15(20)19-12-4-2-3-11(17)8-12/h2-8,18H,9H2,1H3,(H,19,20). The highest BCUT2D eigenvalue weighted by molar-refractivity contribution is 7.89. The van der Waals surface area contributed by atoms with E-state index in [1.807, 2.05) is 0 Å². The molecule has 1 amide bonds. The van der Waals surface area contributed by atoms with Crippen molar-refractivity contribution in [2.24, 2.45) is 0 Å². The number of halogens is 2. The summed E-state index contributed by atoms with van der Waals surface area (Å²) in [6, 6.07) is 9.54. The molecule has 0 radical (unpaired) electrons. The van der Waals surface area contributed by atoms with Gasteiger partial charge in [0, 0.05) is 10.7 Å². The minimum atomic E-state index is -3.84. The number of benzene rings is 2. The van der Waals surface area contributed by atoms with Gasteiger partial charge in [0.25, 0.3) is 0 Å². The zero-order valence-electron chi connectivity index (χ0n) is 12.1. The van der Waals surface area contributed by atoms with Crippen molar-refractivity contribution < 1.29 is 17.6 Å². The molecule has 0 bridgehead atoms. The van der Waals surface area contributed by atoms with Crippen LogP contribution in [0.1, 0.15) is 5.56 Å². The predicted octanol–water partition coefficient (Wildman–Crippen LogP) is 2.70. The summed E-state index contributed by atoms with van der Waals surface area (Å²) >= 11 is 5.85. The van der Waals surface area contributed by atoms with Gasteiger partial charge < -0.3 is 5.32 Å². The molecule has 2 rings (SSSR count). The van der Waals surface area contributed by atoms with Crippen LogP contribution >= 0.6 is 11.6 Å². The van der Waals surface area contributed by atoms with Crippen molar-refractivity contribution >= 4 is 33.2 Å². The van der Waals surface area contributed by atoms with Crippen LogP contribution in [0.2, 0.25) is 5.02 Å². The number of rotatable bonds is 5. The summed E-state index contributed by atoms with van der Waals surface area (Å²) in [5, 5.41) is 2.85. The second-order valence-electron chi connectivity index (χ2n) is 4.79. The molecule has 0 spiro atoms. The number of carbonyl (C=O) groups excluding carboxylic acids is 1. The fourth-order valence-electron chi connectivity index (χ4n) is 1.80. The second kappa shape index (κ2) is 7.08. The van der Waals surface area contributed by atoms with Crippen LogP contribution < -0.4 is 10.0 Å². The Hall–Kier alpha value is -1.96. The van der Waals surface area contributed by atoms with Gasteiger partial charge in [0.1, 0.15) is 5.82 Å². The maximum absolute atomic E-state index is 13.0. The van der Waals surface area contributed by atoms with Crippen molar-refractivity contribution in [3.63, 3.8) is 0 Å². The summed E-state index contributed by atoms with van der Waals surface area (Å²) < 4.78 is 39.4. The van der Waals surface area contributed by atoms with E-state index in [0.717, 1.165) is 6.07 Å². The number of aryl methyl sites for hydroxylation is 1. The van der Waals surface area contributed by atoms with Gasteiger partial charge in [0.05, 0.1) is 11.4 Å². The Morgan fingerprint density at radius 3 is 2.61 bits per heavy atom. The quantitative estimate of drug-likeness (QED) is 0.864. The van der Waals surface area contributed by atoms with Gasteiger partial charge in [-0.15, -0.1) is 0 Å². The zero-order valence-corrected chi connectivity index (χ0v) is 13.7. The van der Waals surface area contributed by atoms with E-state index in [2.05, 4.69) is 10.0 Å². The molecule has 5 nitrogen and oxygen atoms in total. The van der Waals surface area contributed by atoms with Gasteiger partial charge in [0.15, 0.2) is 0 Å². The molecular formula is C15H14ClFN2O3S. The summed E-state index contributed by atoms with van der Waals surface area (Å²) in [6.45, 7) is 1.21. The highest BCUT2D eigenvalue weighted by Crippen LogP contribution is 2.19. The first-order valence-corrected chi connectivity index (χ1v) is 8.45. The fourth-order valence-corrected chi connectivity index (χ4v) is 2.98. The molecule has 0 saturated heterocycles. The van der Waals surface area contributed by atoms with Crippen molar-refractivity contribution in [3.8, 4) is 0 Å². The monoisotopic (exact) mass is 356 g/mol. The van der Waals surface area contributed by atoms with Gasteiger partial charge in [-0.3, -0.25) is 4.79 Å². The molecule has 0 fully saturated rings. The number of anilines is 1. The van der Waals surface area contributed by atoms with Crippen LogP contribution in [0.3, 0.4) is 0 Å². The Labute approximate surface area is 138 Å². The summed E-state index contributed by atoms with van der Waals surface area (Å²) in [5.41, 5.74) is 0.857. The third-order valence-electron chi connectivity index (χ3n) is 2.97. The topological polar surface area (TPSA) is 75.3 Å². The van der Waals surface area contributed by atoms with E-state index in [0.29, 0.717) is 10.6 Å². The zero-order chi connectivity index (χ0) is 17.0. The molecule has 0 aliphatic rings. The van der Waals surface area contributed by atoms with Crippen LogP contribution in [0.15, 0.2) is 47.4 Å². The minimum absolute atomic E-state index is 0.0120. The third kappa shape index (κ3) is 4.75. The fraction of sp³-hybridized carbons (Fsp3) is 0.133. The lowest BCUT2D eigenvalue weighted by molar-refractivity contribution is -0.115. The number of amides is 1. The molecule has 2 N–H and O–H groups in total. The van der Waals surface area contributed by atoms with Crippen LogP contribution in [0.5, 0.6) is 0 Å². The Morgan fingerprint density at radius 1 is 1.22 bits per heavy atom. The van der Waals surface area contributed by atoms with Crippen molar-refractivity contribution in [1.82, 2.24) is 4.72 Å². The van der Waals surface area contributed by atoms with E-state index in [9.17, 15) is 17.6 Å². The Balaban J connectivity index is 2.01. The van der Waals surface area contributed by atoms with Gasteiger partial charge in [-0.25, -0.2) is 17.5 Å². The number of hydrogen-bond donors (Lipinski definition) is 2. The SMILES string of the molecule is Cc1cc(S(=O)(=O)NCC(=O)Nc2cccc(F)c2)ccc1Cl. The first kappa shape index (κ1) is 17.4. The summed E-state index contributed by atoms with van der Waals surface area (Å²) in [7, 11) is -3.84. The van der Waals surface area contributed by atoms with Crippen LogP contribution in [-0.2, 0) is 14.8 Å². The minimum Gasteiger partial charge on any atom is -0.325 e. The summed E-state index contributed by atoms with van der Waals surface area (Å²) in [5.74, 6) is -1.11. The molecule has 0 unspecified atom stereocenters. The molecule has 2 aromatic rings. The van der Waals surface area contributed by atoms with Gasteiger partial charge in [-0.2, -0.15) is 0 Å². The molecule has 23 heavy (non-hydrogen) atoms. The van der Waals surface area contributed by atoms with Crippen molar-refractivity contribution in [2.75, 3.05) is 11.9 Å². The highest BCUT2D eigenvalue weighted by Gasteiger charge is 2.16. The molecular weight excluding hydrogens is 343 g/mol. The predicted molar refractivity (Wildman–Crippen MR) is 86.4 cm³/mol. The lowest BCUT2D eigenvalue weighted by atomic mass is 10.2. The Kier molecular flexibility index (Phi) is 5.35. The Bertz CT molecular complexity index is 840. The largest absolute Gasteiger partial charge is 0.325 e. The molecule has 0 aliphatic heterocycles. The van der Waals surface area contributed by atoms with E-state index in [4.69, 9.17) is 11.6 Å². The van der Waals surface area contributed by atoms with E-state index >= 15 is 0 Å². The van der Waals surface area contributed by atoms with Gasteiger partial charge in [0.2, 0.25) is 15.9 Å². The number of hydrogen-bond acceptors (Lipinski definition) is 3. The van der Waals surface area contributed by atoms with E-state index in [1.165, 1.54) is 36.4 Å². The van der Waals surface area contributed by atoms with Gasteiger partial charge in [-0.1, -0.05) is 17.7 Å². The van der Waals surface area contributed by atoms with E-state index < -0.39 is 28.3 Å². The maximum atomic E-state index is 13.0. The van der Waals surface area contributed by atoms with E-state index in [1.54, 1.807) is 6.92 Å². The normalized spacial score (nSPS) is 11.3. The average Bonchev–Trinajstić information content (AvgIpc) is 2.48. The number of nitrogens with one attached hydrogen (secondary N) is 2. The molecule has 0 saturated carbocycles. The lowest BCUT2D eigenvalue weighted by Gasteiger charge is -2.09. The third-order valence-corrected chi connectivity index (χ3v) is 4.79. The molecule has 0 aliphatic carbocycles. The molecule has 122 valence electrons. The number of carbonyl (C=O) groups is 1. The van der Waals surface area contributed by atoms with Gasteiger partial charge >= 0.3 is 0 Å². The Morgan fingerprint density at radius 2 is 1.96 bits per heavy atom. The molecule has 0 atom stereocenters. The van der Waals surface area contributed by atoms with Crippen molar-refractivity contribution in [3.05, 3.63) is 58.9 Å². The average molecular weight is 357 g/mol. The summed E-state index contributed by atoms with van der Waals surface area (Å²) in [4.78, 5) is 11.8. The summed E-state index contributed by atoms with van der Waals surface area (Å²) in [6.07, 6.45) is 0. The first-order valence-electron chi connectivity index (χ1n) is 6.59. The van der Waals surface area contributed by atoms with E-state index in [-0.39, 0.29) is 10.6 Å². The maximum Gasteiger partial charge on any atom is 0.241 e. The van der Waals surface area contributed by atoms with Crippen molar-refractivity contribution in [1.29, 1.82) is 0 Å². The van der Waals surface area contributed by atoms with Crippen molar-refractivity contribution in [2.45, 2.75) is 11.8 Å². The van der Waals surface area contributed by atoms with Crippen LogP contribution in [0.4, 0.5) is 10.1 Å². The lowest BCUT2D eigenvalue weighted by Crippen LogP contribution is -2.32. The second-order valence-corrected chi connectivity index (χ2v) is 6.97. The molecule has 2 aromatic carbocycles.